The summed E-state index contributed by atoms with van der Waals surface area (Å²) in [5.41, 5.74) is 13.4. The first-order valence-corrected chi connectivity index (χ1v) is 6.32. The third kappa shape index (κ3) is 1.97. The van der Waals surface area contributed by atoms with Crippen molar-refractivity contribution < 1.29 is 4.79 Å². The Labute approximate surface area is 120 Å². The van der Waals surface area contributed by atoms with Gasteiger partial charge in [0.15, 0.2) is 5.84 Å². The van der Waals surface area contributed by atoms with Crippen molar-refractivity contribution in [1.29, 1.82) is 0 Å². The smallest absolute Gasteiger partial charge is 0.284 e. The highest BCUT2D eigenvalue weighted by Gasteiger charge is 2.31. The third-order valence-electron chi connectivity index (χ3n) is 3.10. The molecule has 3 rings (SSSR count). The number of aliphatic imine (C=N–C) groups is 3. The number of amidine groups is 1. The molecule has 0 fully saturated rings. The van der Waals surface area contributed by atoms with E-state index in [9.17, 15) is 4.79 Å². The first-order valence-electron chi connectivity index (χ1n) is 5.87. The van der Waals surface area contributed by atoms with Crippen molar-refractivity contribution in [2.45, 2.75) is 10.9 Å². The van der Waals surface area contributed by atoms with Crippen LogP contribution >= 0.6 is 12.6 Å². The first-order chi connectivity index (χ1) is 9.58. The van der Waals surface area contributed by atoms with Crippen LogP contribution in [0.5, 0.6) is 0 Å². The highest BCUT2D eigenvalue weighted by atomic mass is 32.1. The second kappa shape index (κ2) is 4.69. The van der Waals surface area contributed by atoms with E-state index in [0.717, 1.165) is 10.5 Å². The number of carbonyl (C=O) groups is 1. The lowest BCUT2D eigenvalue weighted by molar-refractivity contribution is -0.114. The Morgan fingerprint density at radius 2 is 1.95 bits per heavy atom. The van der Waals surface area contributed by atoms with Crippen LogP contribution in [-0.2, 0) is 4.79 Å². The minimum absolute atomic E-state index is 0.0877. The number of nitrogens with zero attached hydrogens (tertiary/aromatic N) is 3. The topological polar surface area (TPSA) is 106 Å². The Morgan fingerprint density at radius 3 is 2.70 bits per heavy atom. The van der Waals surface area contributed by atoms with Crippen molar-refractivity contribution in [1.82, 2.24) is 0 Å². The van der Waals surface area contributed by atoms with Gasteiger partial charge in [0.1, 0.15) is 0 Å². The molecule has 1 unspecified atom stereocenters. The second-order valence-corrected chi connectivity index (χ2v) is 4.82. The number of benzene rings is 1. The van der Waals surface area contributed by atoms with Crippen LogP contribution in [0.15, 0.2) is 55.3 Å². The molecule has 7 heteroatoms. The van der Waals surface area contributed by atoms with Gasteiger partial charge < -0.3 is 11.5 Å². The fourth-order valence-electron chi connectivity index (χ4n) is 2.14. The van der Waals surface area contributed by atoms with Gasteiger partial charge in [0, 0.05) is 16.7 Å². The minimum atomic E-state index is -0.520. The van der Waals surface area contributed by atoms with Gasteiger partial charge in [-0.3, -0.25) is 4.79 Å². The molecule has 0 aliphatic carbocycles. The van der Waals surface area contributed by atoms with Gasteiger partial charge in [-0.05, 0) is 11.6 Å². The van der Waals surface area contributed by atoms with Crippen molar-refractivity contribution in [2.24, 2.45) is 26.4 Å². The van der Waals surface area contributed by atoms with Crippen molar-refractivity contribution in [3.8, 4) is 0 Å². The molecule has 1 aromatic carbocycles. The molecule has 6 nitrogen and oxygen atoms in total. The molecule has 0 aromatic heterocycles. The zero-order chi connectivity index (χ0) is 14.3. The lowest BCUT2D eigenvalue weighted by Crippen LogP contribution is -2.24. The Balaban J connectivity index is 2.08. The van der Waals surface area contributed by atoms with Gasteiger partial charge in [-0.25, -0.2) is 4.99 Å². The van der Waals surface area contributed by atoms with Gasteiger partial charge in [-0.15, -0.1) is 12.6 Å². The molecule has 1 aromatic rings. The van der Waals surface area contributed by atoms with Gasteiger partial charge in [0.05, 0.1) is 11.6 Å². The van der Waals surface area contributed by atoms with Crippen LogP contribution in [0, 0.1) is 0 Å². The molecule has 2 heterocycles. The summed E-state index contributed by atoms with van der Waals surface area (Å²) in [5, 5.41) is 0. The summed E-state index contributed by atoms with van der Waals surface area (Å²) >= 11 is 4.38. The molecule has 100 valence electrons. The van der Waals surface area contributed by atoms with Gasteiger partial charge in [-0.1, -0.05) is 18.2 Å². The van der Waals surface area contributed by atoms with Gasteiger partial charge in [0.2, 0.25) is 5.96 Å². The van der Waals surface area contributed by atoms with E-state index in [2.05, 4.69) is 27.6 Å². The standard InChI is InChI=1S/C13H11N5OS/c14-10(6-3-1-2-4-8(6)20)7-5-16-11-9(7)12(19)18-13(15)17-11/h1-5,10,20H,14H2,(H2,15,18,19). The maximum atomic E-state index is 12.0. The number of nitrogens with two attached hydrogens (primary N) is 2. The van der Waals surface area contributed by atoms with Crippen molar-refractivity contribution in [2.75, 3.05) is 0 Å². The van der Waals surface area contributed by atoms with E-state index in [1.807, 2.05) is 24.3 Å². The molecular formula is C13H11N5OS. The van der Waals surface area contributed by atoms with Gasteiger partial charge in [-0.2, -0.15) is 9.98 Å². The Hall–Kier alpha value is -2.25. The molecule has 0 saturated heterocycles. The normalized spacial score (nSPS) is 18.8. The maximum Gasteiger partial charge on any atom is 0.284 e. The molecule has 2 aliphatic heterocycles. The summed E-state index contributed by atoms with van der Waals surface area (Å²) in [6.07, 6.45) is 1.53. The highest BCUT2D eigenvalue weighted by molar-refractivity contribution is 7.80. The van der Waals surface area contributed by atoms with Crippen molar-refractivity contribution in [3.05, 3.63) is 41.0 Å². The average Bonchev–Trinajstić information content (AvgIpc) is 2.82. The minimum Gasteiger partial charge on any atom is -0.368 e. The Morgan fingerprint density at radius 1 is 1.20 bits per heavy atom. The van der Waals surface area contributed by atoms with Crippen LogP contribution in [0.1, 0.15) is 11.6 Å². The summed E-state index contributed by atoms with van der Waals surface area (Å²) in [6.45, 7) is 0. The molecule has 0 bridgehead atoms. The zero-order valence-corrected chi connectivity index (χ0v) is 11.2. The predicted octanol–water partition coefficient (Wildman–Crippen LogP) is 0.609. The fourth-order valence-corrected chi connectivity index (χ4v) is 2.44. The number of guanidine groups is 1. The number of rotatable bonds is 2. The van der Waals surface area contributed by atoms with Crippen LogP contribution < -0.4 is 11.5 Å². The molecule has 0 radical (unpaired) electrons. The second-order valence-electron chi connectivity index (χ2n) is 4.34. The maximum absolute atomic E-state index is 12.0. The summed E-state index contributed by atoms with van der Waals surface area (Å²) in [4.78, 5) is 24.4. The SMILES string of the molecule is NC1=NC(=O)C2=C(C(N)c3ccccc3S)C=NC2=N1. The number of fused-ring (bicyclic) bond motifs is 1. The molecule has 20 heavy (non-hydrogen) atoms. The molecule has 0 saturated carbocycles. The van der Waals surface area contributed by atoms with E-state index < -0.39 is 11.9 Å². The van der Waals surface area contributed by atoms with E-state index in [1.54, 1.807) is 0 Å². The summed E-state index contributed by atoms with van der Waals surface area (Å²) in [5.74, 6) is -0.285. The average molecular weight is 285 g/mol. The summed E-state index contributed by atoms with van der Waals surface area (Å²) < 4.78 is 0. The van der Waals surface area contributed by atoms with Gasteiger partial charge >= 0.3 is 0 Å². The Bertz CT molecular complexity index is 732. The number of thiol groups is 1. The molecule has 2 aliphatic rings. The Kier molecular flexibility index (Phi) is 3.00. The zero-order valence-electron chi connectivity index (χ0n) is 10.3. The molecule has 0 spiro atoms. The number of hydrogen-bond acceptors (Lipinski definition) is 6. The van der Waals surface area contributed by atoms with Crippen LogP contribution in [-0.4, -0.2) is 23.9 Å². The van der Waals surface area contributed by atoms with Crippen molar-refractivity contribution in [3.63, 3.8) is 0 Å². The molecule has 1 atom stereocenters. The monoisotopic (exact) mass is 285 g/mol. The fraction of sp³-hybridized carbons (Fsp3) is 0.0769. The quantitative estimate of drug-likeness (QED) is 0.693. The number of carbonyl (C=O) groups excluding carboxylic acids is 1. The summed E-state index contributed by atoms with van der Waals surface area (Å²) in [6, 6.07) is 6.90. The van der Waals surface area contributed by atoms with Crippen LogP contribution in [0.2, 0.25) is 0 Å². The largest absolute Gasteiger partial charge is 0.368 e. The third-order valence-corrected chi connectivity index (χ3v) is 3.50. The van der Waals surface area contributed by atoms with Crippen molar-refractivity contribution >= 4 is 36.5 Å². The number of amides is 1. The van der Waals surface area contributed by atoms with Crippen LogP contribution in [0.25, 0.3) is 0 Å². The molecular weight excluding hydrogens is 274 g/mol. The van der Waals surface area contributed by atoms with E-state index in [-0.39, 0.29) is 11.8 Å². The van der Waals surface area contributed by atoms with Gasteiger partial charge in [0.25, 0.3) is 5.91 Å². The first kappa shape index (κ1) is 12.8. The predicted molar refractivity (Wildman–Crippen MR) is 80.2 cm³/mol. The van der Waals surface area contributed by atoms with E-state index >= 15 is 0 Å². The lowest BCUT2D eigenvalue weighted by Gasteiger charge is -2.15. The summed E-state index contributed by atoms with van der Waals surface area (Å²) in [7, 11) is 0. The molecule has 4 N–H and O–H groups in total. The van der Waals surface area contributed by atoms with Crippen LogP contribution in [0.4, 0.5) is 0 Å². The van der Waals surface area contributed by atoms with Crippen LogP contribution in [0.3, 0.4) is 0 Å². The van der Waals surface area contributed by atoms with E-state index in [4.69, 9.17) is 11.5 Å². The number of hydrogen-bond donors (Lipinski definition) is 3. The van der Waals surface area contributed by atoms with E-state index in [1.165, 1.54) is 6.21 Å². The highest BCUT2D eigenvalue weighted by Crippen LogP contribution is 2.30. The lowest BCUT2D eigenvalue weighted by atomic mass is 9.96. The molecule has 1 amide bonds. The van der Waals surface area contributed by atoms with E-state index in [0.29, 0.717) is 11.1 Å².